The van der Waals surface area contributed by atoms with Gasteiger partial charge in [0, 0.05) is 38.8 Å². The minimum absolute atomic E-state index is 0.0735. The number of fused-ring (bicyclic) bond motifs is 5. The van der Waals surface area contributed by atoms with E-state index in [1.807, 2.05) is 18.2 Å². The first-order valence-corrected chi connectivity index (χ1v) is 22.1. The second-order valence-electron chi connectivity index (χ2n) is 17.3. The van der Waals surface area contributed by atoms with E-state index < -0.39 is 0 Å². The second kappa shape index (κ2) is 15.4. The highest BCUT2D eigenvalue weighted by molar-refractivity contribution is 5.98. The lowest BCUT2D eigenvalue weighted by molar-refractivity contribution is 0.660. The topological polar surface area (TPSA) is 64.5 Å². The van der Waals surface area contributed by atoms with Gasteiger partial charge in [0.25, 0.3) is 0 Å². The summed E-state index contributed by atoms with van der Waals surface area (Å²) in [6.07, 6.45) is 0. The van der Waals surface area contributed by atoms with E-state index in [1.54, 1.807) is 0 Å². The van der Waals surface area contributed by atoms with Gasteiger partial charge in [-0.2, -0.15) is 0 Å². The predicted octanol–water partition coefficient (Wildman–Crippen LogP) is 14.9. The molecule has 1 aliphatic rings. The molecule has 5 heteroatoms. The van der Waals surface area contributed by atoms with E-state index in [4.69, 9.17) is 24.9 Å². The van der Waals surface area contributed by atoms with Gasteiger partial charge in [0.1, 0.15) is 0 Å². The number of rotatable bonds is 7. The van der Waals surface area contributed by atoms with E-state index in [-0.39, 0.29) is 5.41 Å². The highest BCUT2D eigenvalue weighted by Crippen LogP contribution is 2.49. The van der Waals surface area contributed by atoms with Gasteiger partial charge in [-0.1, -0.05) is 202 Å². The third-order valence-corrected chi connectivity index (χ3v) is 12.9. The second-order valence-corrected chi connectivity index (χ2v) is 17.3. The molecule has 2 heterocycles. The molecule has 0 spiro atoms. The third kappa shape index (κ3) is 6.77. The third-order valence-electron chi connectivity index (χ3n) is 12.9. The van der Waals surface area contributed by atoms with Crippen molar-refractivity contribution in [3.63, 3.8) is 0 Å². The molecule has 0 saturated carbocycles. The van der Waals surface area contributed by atoms with Crippen molar-refractivity contribution in [1.82, 2.24) is 24.9 Å². The molecule has 306 valence electrons. The molecule has 0 saturated heterocycles. The average Bonchev–Trinajstić information content (AvgIpc) is 3.61. The van der Waals surface area contributed by atoms with Gasteiger partial charge < -0.3 is 0 Å². The molecule has 0 amide bonds. The Labute approximate surface area is 377 Å². The summed E-state index contributed by atoms with van der Waals surface area (Å²) in [7, 11) is 0. The first-order valence-electron chi connectivity index (χ1n) is 22.1. The Morgan fingerprint density at radius 3 is 1.40 bits per heavy atom. The van der Waals surface area contributed by atoms with Crippen molar-refractivity contribution in [3.05, 3.63) is 223 Å². The van der Waals surface area contributed by atoms with Gasteiger partial charge in [0.15, 0.2) is 23.3 Å². The van der Waals surface area contributed by atoms with Crippen LogP contribution in [0.3, 0.4) is 0 Å². The first kappa shape index (κ1) is 38.3. The summed E-state index contributed by atoms with van der Waals surface area (Å²) < 4.78 is 0. The van der Waals surface area contributed by atoms with Crippen LogP contribution in [-0.2, 0) is 5.41 Å². The molecule has 1 aliphatic carbocycles. The molecule has 12 rings (SSSR count). The van der Waals surface area contributed by atoms with E-state index in [0.29, 0.717) is 23.3 Å². The van der Waals surface area contributed by atoms with E-state index in [9.17, 15) is 0 Å². The van der Waals surface area contributed by atoms with Crippen LogP contribution in [0.15, 0.2) is 212 Å². The van der Waals surface area contributed by atoms with Gasteiger partial charge in [0.05, 0.1) is 11.4 Å². The SMILES string of the molecule is CC1(C)c2ccccc2-c2cc(-c3cc(-c4cccc(-c5cccc(-c6nc(-c7cccc8ccccc78)nc(-c7cccc8ccccc78)n6)c5)c4)nc(-c4ccccc4)n3)ccc21. The van der Waals surface area contributed by atoms with Crippen LogP contribution in [0.25, 0.3) is 112 Å². The van der Waals surface area contributed by atoms with Crippen molar-refractivity contribution in [2.24, 2.45) is 0 Å². The van der Waals surface area contributed by atoms with Gasteiger partial charge >= 0.3 is 0 Å². The van der Waals surface area contributed by atoms with Crippen LogP contribution in [0.5, 0.6) is 0 Å². The van der Waals surface area contributed by atoms with Crippen molar-refractivity contribution in [2.75, 3.05) is 0 Å². The molecule has 65 heavy (non-hydrogen) atoms. The van der Waals surface area contributed by atoms with Crippen molar-refractivity contribution in [3.8, 4) is 90.3 Å². The van der Waals surface area contributed by atoms with Crippen LogP contribution < -0.4 is 0 Å². The van der Waals surface area contributed by atoms with Gasteiger partial charge in [-0.3, -0.25) is 0 Å². The van der Waals surface area contributed by atoms with Crippen LogP contribution in [-0.4, -0.2) is 24.9 Å². The van der Waals surface area contributed by atoms with Crippen molar-refractivity contribution in [2.45, 2.75) is 19.3 Å². The van der Waals surface area contributed by atoms with Crippen LogP contribution in [0.4, 0.5) is 0 Å². The Kier molecular flexibility index (Phi) is 9.09. The lowest BCUT2D eigenvalue weighted by atomic mass is 9.82. The summed E-state index contributed by atoms with van der Waals surface area (Å²) in [5, 5.41) is 4.45. The predicted molar refractivity (Wildman–Crippen MR) is 266 cm³/mol. The van der Waals surface area contributed by atoms with Crippen LogP contribution >= 0.6 is 0 Å². The number of benzene rings is 9. The lowest BCUT2D eigenvalue weighted by Crippen LogP contribution is -2.14. The molecule has 5 nitrogen and oxygen atoms in total. The minimum Gasteiger partial charge on any atom is -0.228 e. The largest absolute Gasteiger partial charge is 0.228 e. The molecule has 11 aromatic rings. The fraction of sp³-hybridized carbons (Fsp3) is 0.0500. The van der Waals surface area contributed by atoms with Gasteiger partial charge in [-0.25, -0.2) is 24.9 Å². The zero-order valence-electron chi connectivity index (χ0n) is 35.9. The molecule has 9 aromatic carbocycles. The summed E-state index contributed by atoms with van der Waals surface area (Å²) in [5.41, 5.74) is 14.8. The van der Waals surface area contributed by atoms with E-state index in [0.717, 1.165) is 77.4 Å². The fourth-order valence-corrected chi connectivity index (χ4v) is 9.62. The Hall–Kier alpha value is -8.41. The number of hydrogen-bond donors (Lipinski definition) is 0. The molecule has 0 radical (unpaired) electrons. The van der Waals surface area contributed by atoms with Gasteiger partial charge in [0.2, 0.25) is 0 Å². The lowest BCUT2D eigenvalue weighted by Gasteiger charge is -2.21. The quantitative estimate of drug-likeness (QED) is 0.160. The summed E-state index contributed by atoms with van der Waals surface area (Å²) in [6, 6.07) is 74.4. The summed E-state index contributed by atoms with van der Waals surface area (Å²) >= 11 is 0. The standard InChI is InChI=1S/C60H41N5/c1-60(2)52-31-11-10-28-48(52)51-36-44(32-33-53(51)60)55-37-54(61-56(62-55)40-18-4-3-5-19-40)43-24-12-22-41(34-43)42-23-13-25-45(35-42)57-63-58(49-29-14-20-38-16-6-8-26-46(38)49)65-59(64-57)50-30-15-21-39-17-7-9-27-47(39)50/h3-37H,1-2H3. The summed E-state index contributed by atoms with van der Waals surface area (Å²) in [6.45, 7) is 4.63. The fourth-order valence-electron chi connectivity index (χ4n) is 9.62. The highest BCUT2D eigenvalue weighted by atomic mass is 15.0. The van der Waals surface area contributed by atoms with E-state index in [1.165, 1.54) is 22.3 Å². The Morgan fingerprint density at radius 2 is 0.723 bits per heavy atom. The molecule has 2 aromatic heterocycles. The average molecular weight is 832 g/mol. The van der Waals surface area contributed by atoms with E-state index >= 15 is 0 Å². The molecular formula is C60H41N5. The Bertz CT molecular complexity index is 3540. The van der Waals surface area contributed by atoms with Crippen molar-refractivity contribution >= 4 is 21.5 Å². The molecule has 0 fully saturated rings. The Morgan fingerprint density at radius 1 is 0.277 bits per heavy atom. The van der Waals surface area contributed by atoms with Crippen LogP contribution in [0.1, 0.15) is 25.0 Å². The number of aromatic nitrogens is 5. The van der Waals surface area contributed by atoms with E-state index in [2.05, 4.69) is 208 Å². The number of hydrogen-bond acceptors (Lipinski definition) is 5. The molecular weight excluding hydrogens is 791 g/mol. The number of nitrogens with zero attached hydrogens (tertiary/aromatic N) is 5. The molecule has 0 atom stereocenters. The summed E-state index contributed by atoms with van der Waals surface area (Å²) in [5.74, 6) is 2.56. The van der Waals surface area contributed by atoms with Gasteiger partial charge in [-0.05, 0) is 79.2 Å². The van der Waals surface area contributed by atoms with Crippen molar-refractivity contribution in [1.29, 1.82) is 0 Å². The molecule has 0 bridgehead atoms. The molecule has 0 unspecified atom stereocenters. The molecule has 0 aliphatic heterocycles. The summed E-state index contributed by atoms with van der Waals surface area (Å²) in [4.78, 5) is 26.0. The monoisotopic (exact) mass is 831 g/mol. The normalized spacial score (nSPS) is 12.6. The van der Waals surface area contributed by atoms with Crippen molar-refractivity contribution < 1.29 is 0 Å². The maximum atomic E-state index is 5.21. The highest BCUT2D eigenvalue weighted by Gasteiger charge is 2.35. The first-order chi connectivity index (χ1) is 31.9. The van der Waals surface area contributed by atoms with Crippen LogP contribution in [0, 0.1) is 0 Å². The molecule has 0 N–H and O–H groups in total. The minimum atomic E-state index is -0.0735. The zero-order valence-corrected chi connectivity index (χ0v) is 35.9. The van der Waals surface area contributed by atoms with Crippen LogP contribution in [0.2, 0.25) is 0 Å². The maximum Gasteiger partial charge on any atom is 0.164 e. The smallest absolute Gasteiger partial charge is 0.164 e. The van der Waals surface area contributed by atoms with Gasteiger partial charge in [-0.15, -0.1) is 0 Å². The Balaban J connectivity index is 0.969. The zero-order chi connectivity index (χ0) is 43.5. The maximum absolute atomic E-state index is 5.21.